The van der Waals surface area contributed by atoms with Crippen molar-refractivity contribution in [2.24, 2.45) is 5.41 Å². The molecule has 21 heavy (non-hydrogen) atoms. The van der Waals surface area contributed by atoms with E-state index in [0.717, 1.165) is 44.4 Å². The number of piperazine rings is 1. The molecule has 0 saturated carbocycles. The van der Waals surface area contributed by atoms with Crippen molar-refractivity contribution >= 4 is 0 Å². The van der Waals surface area contributed by atoms with Crippen LogP contribution in [0.3, 0.4) is 0 Å². The first-order chi connectivity index (χ1) is 9.89. The Morgan fingerprint density at radius 2 is 1.81 bits per heavy atom. The van der Waals surface area contributed by atoms with Crippen molar-refractivity contribution in [1.82, 2.24) is 20.0 Å². The molecule has 0 aromatic carbocycles. The molecule has 0 bridgehead atoms. The second-order valence-electron chi connectivity index (χ2n) is 7.25. The number of rotatable bonds is 5. The van der Waals surface area contributed by atoms with Gasteiger partial charge in [-0.2, -0.15) is 0 Å². The summed E-state index contributed by atoms with van der Waals surface area (Å²) < 4.78 is 5.69. The maximum absolute atomic E-state index is 5.69. The molecule has 1 aromatic rings. The van der Waals surface area contributed by atoms with Gasteiger partial charge >= 0.3 is 0 Å². The van der Waals surface area contributed by atoms with Gasteiger partial charge in [0.15, 0.2) is 0 Å². The van der Waals surface area contributed by atoms with Crippen molar-refractivity contribution in [1.29, 1.82) is 0 Å². The van der Waals surface area contributed by atoms with E-state index >= 15 is 0 Å². The van der Waals surface area contributed by atoms with Crippen molar-refractivity contribution in [3.8, 4) is 0 Å². The summed E-state index contributed by atoms with van der Waals surface area (Å²) in [6, 6.07) is 0.225. The van der Waals surface area contributed by atoms with Gasteiger partial charge in [0.05, 0.1) is 6.04 Å². The molecule has 1 aromatic heterocycles. The van der Waals surface area contributed by atoms with Gasteiger partial charge in [-0.1, -0.05) is 27.7 Å². The van der Waals surface area contributed by atoms with Crippen LogP contribution >= 0.6 is 0 Å². The highest BCUT2D eigenvalue weighted by Crippen LogP contribution is 2.22. The monoisotopic (exact) mass is 294 g/mol. The van der Waals surface area contributed by atoms with Gasteiger partial charge in [-0.15, -0.1) is 10.2 Å². The van der Waals surface area contributed by atoms with Gasteiger partial charge < -0.3 is 9.32 Å². The van der Waals surface area contributed by atoms with Crippen LogP contribution in [0.15, 0.2) is 4.42 Å². The minimum atomic E-state index is 0.225. The first kappa shape index (κ1) is 16.4. The summed E-state index contributed by atoms with van der Waals surface area (Å²) in [4.78, 5) is 5.01. The van der Waals surface area contributed by atoms with Gasteiger partial charge in [0.1, 0.15) is 0 Å². The van der Waals surface area contributed by atoms with Crippen LogP contribution in [-0.4, -0.2) is 52.7 Å². The largest absolute Gasteiger partial charge is 0.424 e. The summed E-state index contributed by atoms with van der Waals surface area (Å²) in [7, 11) is 0. The second kappa shape index (κ2) is 6.88. The van der Waals surface area contributed by atoms with Gasteiger partial charge in [0, 0.05) is 32.6 Å². The van der Waals surface area contributed by atoms with Gasteiger partial charge in [0.25, 0.3) is 0 Å². The van der Waals surface area contributed by atoms with E-state index in [1.54, 1.807) is 0 Å². The molecule has 1 saturated heterocycles. The van der Waals surface area contributed by atoms with E-state index in [9.17, 15) is 0 Å². The molecule has 0 aliphatic carbocycles. The van der Waals surface area contributed by atoms with Crippen LogP contribution in [0.2, 0.25) is 0 Å². The Hall–Kier alpha value is -0.940. The molecule has 1 aliphatic rings. The van der Waals surface area contributed by atoms with Crippen LogP contribution in [0.25, 0.3) is 0 Å². The Morgan fingerprint density at radius 3 is 2.33 bits per heavy atom. The van der Waals surface area contributed by atoms with E-state index < -0.39 is 0 Å². The van der Waals surface area contributed by atoms with E-state index in [2.05, 4.69) is 47.7 Å². The Balaban J connectivity index is 1.80. The van der Waals surface area contributed by atoms with Crippen LogP contribution in [0.5, 0.6) is 0 Å². The van der Waals surface area contributed by atoms with Crippen LogP contribution < -0.4 is 0 Å². The molecule has 1 atom stereocenters. The van der Waals surface area contributed by atoms with Crippen LogP contribution in [0.4, 0.5) is 0 Å². The van der Waals surface area contributed by atoms with Crippen LogP contribution in [-0.2, 0) is 6.42 Å². The summed E-state index contributed by atoms with van der Waals surface area (Å²) in [5.41, 5.74) is 0.421. The van der Waals surface area contributed by atoms with Gasteiger partial charge in [-0.25, -0.2) is 0 Å². The number of hydrogen-bond acceptors (Lipinski definition) is 5. The summed E-state index contributed by atoms with van der Waals surface area (Å²) in [5.74, 6) is 1.50. The van der Waals surface area contributed by atoms with Gasteiger partial charge in [-0.05, 0) is 25.3 Å². The fraction of sp³-hybridized carbons (Fsp3) is 0.875. The summed E-state index contributed by atoms with van der Waals surface area (Å²) >= 11 is 0. The SMILES string of the molecule is CCc1nnc([C@H](C)N2CCN(CCC(C)(C)C)CC2)o1. The number of hydrogen-bond donors (Lipinski definition) is 0. The zero-order valence-corrected chi connectivity index (χ0v) is 14.2. The molecule has 120 valence electrons. The number of aryl methyl sites for hydroxylation is 1. The van der Waals surface area contributed by atoms with Crippen LogP contribution in [0, 0.1) is 5.41 Å². The van der Waals surface area contributed by atoms with Gasteiger partial charge in [0.2, 0.25) is 11.8 Å². The summed E-state index contributed by atoms with van der Waals surface area (Å²) in [6.45, 7) is 16.8. The molecule has 0 amide bonds. The lowest BCUT2D eigenvalue weighted by atomic mass is 9.92. The molecule has 0 N–H and O–H groups in total. The molecule has 5 nitrogen and oxygen atoms in total. The average Bonchev–Trinajstić information content (AvgIpc) is 2.93. The van der Waals surface area contributed by atoms with Crippen molar-refractivity contribution in [2.45, 2.75) is 53.5 Å². The number of nitrogens with zero attached hydrogens (tertiary/aromatic N) is 4. The molecule has 0 unspecified atom stereocenters. The molecule has 0 spiro atoms. The lowest BCUT2D eigenvalue weighted by Crippen LogP contribution is -2.47. The minimum absolute atomic E-state index is 0.225. The molecular weight excluding hydrogens is 264 g/mol. The van der Waals surface area contributed by atoms with Crippen LogP contribution in [0.1, 0.15) is 58.9 Å². The Kier molecular flexibility index (Phi) is 5.38. The van der Waals surface area contributed by atoms with E-state index in [-0.39, 0.29) is 6.04 Å². The maximum atomic E-state index is 5.69. The zero-order valence-electron chi connectivity index (χ0n) is 14.2. The molecule has 1 fully saturated rings. The lowest BCUT2D eigenvalue weighted by Gasteiger charge is -2.37. The predicted molar refractivity (Wildman–Crippen MR) is 84.2 cm³/mol. The smallest absolute Gasteiger partial charge is 0.233 e. The lowest BCUT2D eigenvalue weighted by molar-refractivity contribution is 0.0843. The first-order valence-corrected chi connectivity index (χ1v) is 8.18. The topological polar surface area (TPSA) is 45.4 Å². The minimum Gasteiger partial charge on any atom is -0.424 e. The highest BCUT2D eigenvalue weighted by molar-refractivity contribution is 4.91. The molecule has 1 aliphatic heterocycles. The fourth-order valence-electron chi connectivity index (χ4n) is 2.60. The fourth-order valence-corrected chi connectivity index (χ4v) is 2.60. The summed E-state index contributed by atoms with van der Waals surface area (Å²) in [5, 5.41) is 8.25. The quantitative estimate of drug-likeness (QED) is 0.835. The maximum Gasteiger partial charge on any atom is 0.233 e. The first-order valence-electron chi connectivity index (χ1n) is 8.18. The molecule has 2 rings (SSSR count). The van der Waals surface area contributed by atoms with E-state index in [1.165, 1.54) is 13.0 Å². The zero-order chi connectivity index (χ0) is 15.5. The van der Waals surface area contributed by atoms with E-state index in [1.807, 2.05) is 6.92 Å². The van der Waals surface area contributed by atoms with E-state index in [4.69, 9.17) is 4.42 Å². The molecule has 0 radical (unpaired) electrons. The highest BCUT2D eigenvalue weighted by atomic mass is 16.4. The van der Waals surface area contributed by atoms with Crippen molar-refractivity contribution in [3.63, 3.8) is 0 Å². The molecular formula is C16H30N4O. The Bertz CT molecular complexity index is 430. The third-order valence-electron chi connectivity index (χ3n) is 4.27. The molecule has 2 heterocycles. The Morgan fingerprint density at radius 1 is 1.14 bits per heavy atom. The predicted octanol–water partition coefficient (Wildman–Crippen LogP) is 2.75. The molecule has 5 heteroatoms. The number of aromatic nitrogens is 2. The highest BCUT2D eigenvalue weighted by Gasteiger charge is 2.25. The van der Waals surface area contributed by atoms with Crippen molar-refractivity contribution in [3.05, 3.63) is 11.8 Å². The summed E-state index contributed by atoms with van der Waals surface area (Å²) in [6.07, 6.45) is 2.06. The standard InChI is InChI=1S/C16H30N4O/c1-6-14-17-18-15(21-14)13(2)20-11-9-19(10-12-20)8-7-16(3,4)5/h13H,6-12H2,1-5H3/t13-/m0/s1. The van der Waals surface area contributed by atoms with Gasteiger partial charge in [-0.3, -0.25) is 4.90 Å². The third-order valence-corrected chi connectivity index (χ3v) is 4.27. The second-order valence-corrected chi connectivity index (χ2v) is 7.25. The van der Waals surface area contributed by atoms with Crippen molar-refractivity contribution < 1.29 is 4.42 Å². The van der Waals surface area contributed by atoms with Crippen molar-refractivity contribution in [2.75, 3.05) is 32.7 Å². The van der Waals surface area contributed by atoms with E-state index in [0.29, 0.717) is 5.41 Å². The average molecular weight is 294 g/mol. The Labute approximate surface area is 128 Å². The third kappa shape index (κ3) is 4.78. The normalized spacial score (nSPS) is 19.9.